The van der Waals surface area contributed by atoms with Crippen LogP contribution in [0.25, 0.3) is 0 Å². The average Bonchev–Trinajstić information content (AvgIpc) is 2.77. The summed E-state index contributed by atoms with van der Waals surface area (Å²) in [4.78, 5) is 11.9. The van der Waals surface area contributed by atoms with E-state index in [1.165, 1.54) is 6.07 Å². The lowest BCUT2D eigenvalue weighted by Crippen LogP contribution is -2.27. The second-order valence-electron chi connectivity index (χ2n) is 4.80. The monoisotopic (exact) mass is 288 g/mol. The summed E-state index contributed by atoms with van der Waals surface area (Å²) in [5.41, 5.74) is 4.01. The molecular formula is C13H15F3N2O2. The lowest BCUT2D eigenvalue weighted by Gasteiger charge is -2.14. The Morgan fingerprint density at radius 3 is 2.65 bits per heavy atom. The van der Waals surface area contributed by atoms with Crippen molar-refractivity contribution in [2.75, 3.05) is 11.1 Å². The molecule has 2 atom stereocenters. The highest BCUT2D eigenvalue weighted by Gasteiger charge is 2.34. The number of hydrogen-bond acceptors (Lipinski definition) is 3. The van der Waals surface area contributed by atoms with E-state index in [-0.39, 0.29) is 17.5 Å². The summed E-state index contributed by atoms with van der Waals surface area (Å²) >= 11 is 0. The highest BCUT2D eigenvalue weighted by atomic mass is 19.4. The van der Waals surface area contributed by atoms with Crippen LogP contribution in [0.2, 0.25) is 0 Å². The molecule has 1 amide bonds. The number of ether oxygens (including phenoxy) is 1. The van der Waals surface area contributed by atoms with Gasteiger partial charge in [0.05, 0.1) is 11.7 Å². The Hall–Kier alpha value is -1.76. The van der Waals surface area contributed by atoms with E-state index in [0.29, 0.717) is 6.42 Å². The summed E-state index contributed by atoms with van der Waals surface area (Å²) in [6.07, 6.45) is -3.86. The summed E-state index contributed by atoms with van der Waals surface area (Å²) in [6, 6.07) is 3.28. The van der Waals surface area contributed by atoms with Crippen LogP contribution < -0.4 is 11.1 Å². The van der Waals surface area contributed by atoms with E-state index < -0.39 is 23.8 Å². The van der Waals surface area contributed by atoms with Crippen molar-refractivity contribution in [3.8, 4) is 0 Å². The third kappa shape index (κ3) is 3.22. The molecule has 2 rings (SSSR count). The molecule has 0 bridgehead atoms. The van der Waals surface area contributed by atoms with Crippen LogP contribution in [0.3, 0.4) is 0 Å². The van der Waals surface area contributed by atoms with Crippen molar-refractivity contribution in [2.45, 2.75) is 38.1 Å². The number of nitrogen functional groups attached to an aromatic ring is 1. The van der Waals surface area contributed by atoms with Gasteiger partial charge in [-0.15, -0.1) is 0 Å². The fraction of sp³-hybridized carbons (Fsp3) is 0.462. The third-order valence-corrected chi connectivity index (χ3v) is 3.15. The average molecular weight is 288 g/mol. The smallest absolute Gasteiger partial charge is 0.398 e. The normalized spacial score (nSPS) is 22.8. The highest BCUT2D eigenvalue weighted by Crippen LogP contribution is 2.35. The molecule has 1 aliphatic rings. The van der Waals surface area contributed by atoms with Gasteiger partial charge in [0.2, 0.25) is 0 Å². The summed E-state index contributed by atoms with van der Waals surface area (Å²) in [7, 11) is 0. The molecular weight excluding hydrogens is 273 g/mol. The van der Waals surface area contributed by atoms with Crippen molar-refractivity contribution in [3.05, 3.63) is 23.8 Å². The Morgan fingerprint density at radius 1 is 1.40 bits per heavy atom. The number of rotatable bonds is 2. The molecule has 0 aromatic heterocycles. The van der Waals surface area contributed by atoms with E-state index in [1.54, 1.807) is 0 Å². The van der Waals surface area contributed by atoms with E-state index in [4.69, 9.17) is 10.5 Å². The minimum atomic E-state index is -4.55. The van der Waals surface area contributed by atoms with E-state index in [9.17, 15) is 18.0 Å². The first-order valence-corrected chi connectivity index (χ1v) is 6.20. The van der Waals surface area contributed by atoms with Crippen molar-refractivity contribution in [3.63, 3.8) is 0 Å². The van der Waals surface area contributed by atoms with Gasteiger partial charge in [-0.3, -0.25) is 4.79 Å². The maximum absolute atomic E-state index is 12.7. The topological polar surface area (TPSA) is 64.4 Å². The van der Waals surface area contributed by atoms with E-state index in [1.807, 2.05) is 6.92 Å². The van der Waals surface area contributed by atoms with Crippen molar-refractivity contribution in [1.29, 1.82) is 0 Å². The minimum absolute atomic E-state index is 0.0112. The van der Waals surface area contributed by atoms with E-state index in [0.717, 1.165) is 18.6 Å². The number of alkyl halides is 3. The molecule has 1 fully saturated rings. The van der Waals surface area contributed by atoms with Crippen LogP contribution in [0, 0.1) is 0 Å². The number of carbonyl (C=O) groups excluding carboxylic acids is 1. The second-order valence-corrected chi connectivity index (χ2v) is 4.80. The predicted molar refractivity (Wildman–Crippen MR) is 68.1 cm³/mol. The Balaban J connectivity index is 2.12. The van der Waals surface area contributed by atoms with Gasteiger partial charge in [-0.2, -0.15) is 13.2 Å². The van der Waals surface area contributed by atoms with Crippen LogP contribution >= 0.6 is 0 Å². The van der Waals surface area contributed by atoms with Crippen molar-refractivity contribution < 1.29 is 22.7 Å². The van der Waals surface area contributed by atoms with Gasteiger partial charge >= 0.3 is 6.18 Å². The van der Waals surface area contributed by atoms with Crippen LogP contribution in [-0.2, 0) is 15.7 Å². The van der Waals surface area contributed by atoms with Gasteiger partial charge < -0.3 is 15.8 Å². The number of hydrogen-bond donors (Lipinski definition) is 2. The molecule has 3 N–H and O–H groups in total. The first-order valence-electron chi connectivity index (χ1n) is 6.20. The lowest BCUT2D eigenvalue weighted by atomic mass is 10.1. The first-order chi connectivity index (χ1) is 9.27. The molecule has 1 aromatic carbocycles. The zero-order chi connectivity index (χ0) is 14.9. The van der Waals surface area contributed by atoms with Gasteiger partial charge in [0.15, 0.2) is 0 Å². The maximum atomic E-state index is 12.7. The number of benzene rings is 1. The van der Waals surface area contributed by atoms with Gasteiger partial charge in [0, 0.05) is 11.4 Å². The summed E-state index contributed by atoms with van der Waals surface area (Å²) in [5.74, 6) is -0.438. The van der Waals surface area contributed by atoms with Crippen LogP contribution in [0.4, 0.5) is 24.5 Å². The number of carbonyl (C=O) groups is 1. The number of nitrogens with two attached hydrogens (primary N) is 1. The van der Waals surface area contributed by atoms with Crippen LogP contribution in [-0.4, -0.2) is 18.1 Å². The summed E-state index contributed by atoms with van der Waals surface area (Å²) < 4.78 is 43.5. The number of anilines is 2. The van der Waals surface area contributed by atoms with Crippen LogP contribution in [0.1, 0.15) is 25.3 Å². The third-order valence-electron chi connectivity index (χ3n) is 3.15. The number of amides is 1. The van der Waals surface area contributed by atoms with E-state index in [2.05, 4.69) is 5.32 Å². The molecule has 1 heterocycles. The lowest BCUT2D eigenvalue weighted by molar-refractivity contribution is -0.137. The van der Waals surface area contributed by atoms with Crippen molar-refractivity contribution >= 4 is 17.3 Å². The molecule has 0 spiro atoms. The molecule has 7 heteroatoms. The Labute approximate surface area is 114 Å². The van der Waals surface area contributed by atoms with Crippen LogP contribution in [0.15, 0.2) is 18.2 Å². The predicted octanol–water partition coefficient (Wildman–Crippen LogP) is 2.79. The van der Waals surface area contributed by atoms with E-state index >= 15 is 0 Å². The quantitative estimate of drug-likeness (QED) is 0.822. The van der Waals surface area contributed by atoms with Gasteiger partial charge in [0.1, 0.15) is 6.10 Å². The van der Waals surface area contributed by atoms with Crippen molar-refractivity contribution in [2.24, 2.45) is 0 Å². The molecule has 110 valence electrons. The SMILES string of the molecule is CC1CCC(C(=O)Nc2ccc(N)c(C(F)(F)F)c2)O1. The van der Waals surface area contributed by atoms with Gasteiger partial charge in [-0.05, 0) is 38.0 Å². The fourth-order valence-corrected chi connectivity index (χ4v) is 2.10. The standard InChI is InChI=1S/C13H15F3N2O2/c1-7-2-5-11(20-7)12(19)18-8-3-4-10(17)9(6-8)13(14,15)16/h3-4,6-7,11H,2,5,17H2,1H3,(H,18,19). The molecule has 0 aliphatic carbocycles. The van der Waals surface area contributed by atoms with Crippen LogP contribution in [0.5, 0.6) is 0 Å². The molecule has 0 radical (unpaired) electrons. The Kier molecular flexibility index (Phi) is 3.89. The largest absolute Gasteiger partial charge is 0.418 e. The summed E-state index contributed by atoms with van der Waals surface area (Å²) in [5, 5.41) is 2.42. The van der Waals surface area contributed by atoms with Gasteiger partial charge in [-0.25, -0.2) is 0 Å². The fourth-order valence-electron chi connectivity index (χ4n) is 2.10. The first kappa shape index (κ1) is 14.6. The maximum Gasteiger partial charge on any atom is 0.418 e. The van der Waals surface area contributed by atoms with Crippen molar-refractivity contribution in [1.82, 2.24) is 0 Å². The molecule has 1 aromatic rings. The Morgan fingerprint density at radius 2 is 2.10 bits per heavy atom. The summed E-state index contributed by atoms with van der Waals surface area (Å²) in [6.45, 7) is 1.85. The number of halogens is 3. The molecule has 1 aliphatic heterocycles. The molecule has 4 nitrogen and oxygen atoms in total. The zero-order valence-corrected chi connectivity index (χ0v) is 10.8. The van der Waals surface area contributed by atoms with Gasteiger partial charge in [-0.1, -0.05) is 0 Å². The highest BCUT2D eigenvalue weighted by molar-refractivity contribution is 5.94. The molecule has 2 unspecified atom stereocenters. The molecule has 1 saturated heterocycles. The zero-order valence-electron chi connectivity index (χ0n) is 10.8. The molecule has 0 saturated carbocycles. The molecule has 20 heavy (non-hydrogen) atoms. The second kappa shape index (κ2) is 5.32. The Bertz CT molecular complexity index is 517. The minimum Gasteiger partial charge on any atom is -0.398 e. The number of nitrogens with one attached hydrogen (secondary N) is 1. The van der Waals surface area contributed by atoms with Gasteiger partial charge in [0.25, 0.3) is 5.91 Å².